The minimum Gasteiger partial charge on any atom is -0.493 e. The molecule has 1 N–H and O–H groups in total. The van der Waals surface area contributed by atoms with Crippen molar-refractivity contribution in [3.8, 4) is 11.6 Å². The van der Waals surface area contributed by atoms with Gasteiger partial charge < -0.3 is 14.8 Å². The van der Waals surface area contributed by atoms with Crippen LogP contribution in [0.3, 0.4) is 0 Å². The maximum Gasteiger partial charge on any atom is 0.417 e. The zero-order valence-electron chi connectivity index (χ0n) is 16.0. The molecule has 8 heteroatoms. The lowest BCUT2D eigenvalue weighted by atomic mass is 9.92. The zero-order valence-corrected chi connectivity index (χ0v) is 16.0. The van der Waals surface area contributed by atoms with Gasteiger partial charge >= 0.3 is 6.18 Å². The summed E-state index contributed by atoms with van der Waals surface area (Å²) in [6, 6.07) is 9.31. The standard InChI is InChI=1S/C21H23F3N2O3/c1-2-28-18-6-4-3-5-17(18)20(27)26-15-8-10-16(11-9-15)29-19-12-7-14(13-25-19)21(22,23)24/h3-7,12-13,15-16H,2,8-11H2,1H3,(H,26,27). The molecule has 29 heavy (non-hydrogen) atoms. The van der Waals surface area contributed by atoms with E-state index in [-0.39, 0.29) is 23.9 Å². The van der Waals surface area contributed by atoms with Gasteiger partial charge in [-0.2, -0.15) is 13.2 Å². The van der Waals surface area contributed by atoms with Gasteiger partial charge in [-0.25, -0.2) is 4.98 Å². The highest BCUT2D eigenvalue weighted by Gasteiger charge is 2.31. The quantitative estimate of drug-likeness (QED) is 0.758. The highest BCUT2D eigenvalue weighted by atomic mass is 19.4. The fraction of sp³-hybridized carbons (Fsp3) is 0.429. The molecule has 1 aromatic heterocycles. The van der Waals surface area contributed by atoms with E-state index in [1.54, 1.807) is 18.2 Å². The summed E-state index contributed by atoms with van der Waals surface area (Å²) in [6.45, 7) is 2.34. The monoisotopic (exact) mass is 408 g/mol. The number of benzene rings is 1. The second-order valence-electron chi connectivity index (χ2n) is 6.88. The second-order valence-corrected chi connectivity index (χ2v) is 6.88. The van der Waals surface area contributed by atoms with Crippen LogP contribution >= 0.6 is 0 Å². The Morgan fingerprint density at radius 3 is 2.48 bits per heavy atom. The molecule has 1 aliphatic rings. The number of hydrogen-bond donors (Lipinski definition) is 1. The number of nitrogens with one attached hydrogen (secondary N) is 1. The van der Waals surface area contributed by atoms with E-state index in [2.05, 4.69) is 10.3 Å². The van der Waals surface area contributed by atoms with Gasteiger partial charge in [-0.1, -0.05) is 12.1 Å². The highest BCUT2D eigenvalue weighted by Crippen LogP contribution is 2.30. The molecule has 156 valence electrons. The molecule has 1 saturated carbocycles. The van der Waals surface area contributed by atoms with Gasteiger partial charge in [0.15, 0.2) is 0 Å². The third-order valence-electron chi connectivity index (χ3n) is 4.79. The minimum atomic E-state index is -4.41. The maximum absolute atomic E-state index is 12.6. The molecule has 1 amide bonds. The normalized spacial score (nSPS) is 19.4. The van der Waals surface area contributed by atoms with Crippen LogP contribution < -0.4 is 14.8 Å². The van der Waals surface area contributed by atoms with Crippen molar-refractivity contribution in [2.24, 2.45) is 0 Å². The first-order chi connectivity index (χ1) is 13.9. The smallest absolute Gasteiger partial charge is 0.417 e. The molecule has 1 aromatic carbocycles. The van der Waals surface area contributed by atoms with Crippen LogP contribution in [0.1, 0.15) is 48.5 Å². The van der Waals surface area contributed by atoms with Crippen LogP contribution in [0.15, 0.2) is 42.6 Å². The molecule has 0 atom stereocenters. The van der Waals surface area contributed by atoms with E-state index in [0.717, 1.165) is 12.3 Å². The van der Waals surface area contributed by atoms with Crippen LogP contribution in [0.25, 0.3) is 0 Å². The van der Waals surface area contributed by atoms with Crippen LogP contribution in [-0.4, -0.2) is 29.6 Å². The summed E-state index contributed by atoms with van der Waals surface area (Å²) in [7, 11) is 0. The van der Waals surface area contributed by atoms with Crippen molar-refractivity contribution in [3.05, 3.63) is 53.7 Å². The molecule has 0 aliphatic heterocycles. The number of rotatable bonds is 6. The molecule has 0 spiro atoms. The Morgan fingerprint density at radius 2 is 1.86 bits per heavy atom. The molecule has 0 saturated heterocycles. The fourth-order valence-electron chi connectivity index (χ4n) is 3.31. The van der Waals surface area contributed by atoms with E-state index in [1.807, 2.05) is 13.0 Å². The Balaban J connectivity index is 1.50. The highest BCUT2D eigenvalue weighted by molar-refractivity contribution is 5.97. The Bertz CT molecular complexity index is 817. The first-order valence-electron chi connectivity index (χ1n) is 9.59. The number of aromatic nitrogens is 1. The molecule has 1 aliphatic carbocycles. The largest absolute Gasteiger partial charge is 0.493 e. The van der Waals surface area contributed by atoms with Gasteiger partial charge in [-0.3, -0.25) is 4.79 Å². The molecule has 1 heterocycles. The van der Waals surface area contributed by atoms with E-state index < -0.39 is 11.7 Å². The summed E-state index contributed by atoms with van der Waals surface area (Å²) in [5, 5.41) is 3.03. The molecule has 0 bridgehead atoms. The van der Waals surface area contributed by atoms with Crippen molar-refractivity contribution in [3.63, 3.8) is 0 Å². The van der Waals surface area contributed by atoms with Gasteiger partial charge in [0, 0.05) is 18.3 Å². The minimum absolute atomic E-state index is 0.0117. The van der Waals surface area contributed by atoms with Crippen molar-refractivity contribution in [2.45, 2.75) is 50.9 Å². The summed E-state index contributed by atoms with van der Waals surface area (Å²) in [5.74, 6) is 0.553. The van der Waals surface area contributed by atoms with Crippen molar-refractivity contribution < 1.29 is 27.4 Å². The maximum atomic E-state index is 12.6. The van der Waals surface area contributed by atoms with Gasteiger partial charge in [-0.15, -0.1) is 0 Å². The van der Waals surface area contributed by atoms with Crippen LogP contribution in [0.2, 0.25) is 0 Å². The van der Waals surface area contributed by atoms with E-state index >= 15 is 0 Å². The van der Waals surface area contributed by atoms with Crippen molar-refractivity contribution in [1.82, 2.24) is 10.3 Å². The molecule has 0 unspecified atom stereocenters. The third kappa shape index (κ3) is 5.62. The summed E-state index contributed by atoms with van der Waals surface area (Å²) in [5.41, 5.74) is -0.301. The predicted octanol–water partition coefficient (Wildman–Crippen LogP) is 4.62. The van der Waals surface area contributed by atoms with Crippen molar-refractivity contribution in [2.75, 3.05) is 6.61 Å². The van der Waals surface area contributed by atoms with E-state index in [9.17, 15) is 18.0 Å². The zero-order chi connectivity index (χ0) is 20.9. The molecule has 5 nitrogen and oxygen atoms in total. The summed E-state index contributed by atoms with van der Waals surface area (Å²) < 4.78 is 49.0. The average molecular weight is 408 g/mol. The summed E-state index contributed by atoms with van der Waals surface area (Å²) in [6.07, 6.45) is -0.980. The van der Waals surface area contributed by atoms with Crippen LogP contribution in [-0.2, 0) is 6.18 Å². The SMILES string of the molecule is CCOc1ccccc1C(=O)NC1CCC(Oc2ccc(C(F)(F)F)cn2)CC1. The number of amides is 1. The predicted molar refractivity (Wildman–Crippen MR) is 101 cm³/mol. The number of carbonyl (C=O) groups is 1. The lowest BCUT2D eigenvalue weighted by molar-refractivity contribution is -0.137. The summed E-state index contributed by atoms with van der Waals surface area (Å²) in [4.78, 5) is 16.3. The van der Waals surface area contributed by atoms with E-state index in [4.69, 9.17) is 9.47 Å². The Kier molecular flexibility index (Phi) is 6.61. The lowest BCUT2D eigenvalue weighted by Crippen LogP contribution is -2.39. The van der Waals surface area contributed by atoms with Crippen LogP contribution in [0.5, 0.6) is 11.6 Å². The van der Waals surface area contributed by atoms with Gasteiger partial charge in [0.05, 0.1) is 17.7 Å². The number of hydrogen-bond acceptors (Lipinski definition) is 4. The van der Waals surface area contributed by atoms with Crippen LogP contribution in [0, 0.1) is 0 Å². The van der Waals surface area contributed by atoms with E-state index in [1.165, 1.54) is 6.07 Å². The van der Waals surface area contributed by atoms with E-state index in [0.29, 0.717) is 43.6 Å². The van der Waals surface area contributed by atoms with Crippen LogP contribution in [0.4, 0.5) is 13.2 Å². The molecule has 1 fully saturated rings. The van der Waals surface area contributed by atoms with Gasteiger partial charge in [0.25, 0.3) is 5.91 Å². The molecule has 3 rings (SSSR count). The lowest BCUT2D eigenvalue weighted by Gasteiger charge is -2.29. The average Bonchev–Trinajstić information content (AvgIpc) is 2.70. The first-order valence-corrected chi connectivity index (χ1v) is 9.59. The molecule has 2 aromatic rings. The topological polar surface area (TPSA) is 60.5 Å². The van der Waals surface area contributed by atoms with Crippen molar-refractivity contribution in [1.29, 1.82) is 0 Å². The molecular weight excluding hydrogens is 385 g/mol. The number of pyridine rings is 1. The van der Waals surface area contributed by atoms with Crippen molar-refractivity contribution >= 4 is 5.91 Å². The molecular formula is C21H23F3N2O3. The Labute approximate surface area is 167 Å². The number of halogens is 3. The van der Waals surface area contributed by atoms with Gasteiger partial charge in [0.1, 0.15) is 11.9 Å². The number of para-hydroxylation sites is 1. The van der Waals surface area contributed by atoms with Gasteiger partial charge in [-0.05, 0) is 50.8 Å². The number of alkyl halides is 3. The first kappa shape index (κ1) is 21.0. The number of carbonyl (C=O) groups excluding carboxylic acids is 1. The number of nitrogens with zero attached hydrogens (tertiary/aromatic N) is 1. The number of ether oxygens (including phenoxy) is 2. The third-order valence-corrected chi connectivity index (χ3v) is 4.79. The Hall–Kier alpha value is -2.77. The van der Waals surface area contributed by atoms with Gasteiger partial charge in [0.2, 0.25) is 5.88 Å². The Morgan fingerprint density at radius 1 is 1.14 bits per heavy atom. The second kappa shape index (κ2) is 9.15. The summed E-state index contributed by atoms with van der Waals surface area (Å²) >= 11 is 0. The fourth-order valence-corrected chi connectivity index (χ4v) is 3.31. The molecule has 0 radical (unpaired) electrons.